The van der Waals surface area contributed by atoms with Crippen molar-refractivity contribution >= 4 is 11.9 Å². The van der Waals surface area contributed by atoms with Crippen LogP contribution < -0.4 is 5.32 Å². The molecule has 0 bridgehead atoms. The molecule has 1 aromatic rings. The van der Waals surface area contributed by atoms with E-state index in [0.29, 0.717) is 5.56 Å². The van der Waals surface area contributed by atoms with Crippen molar-refractivity contribution in [3.8, 4) is 0 Å². The van der Waals surface area contributed by atoms with Gasteiger partial charge in [0.25, 0.3) is 5.91 Å². The van der Waals surface area contributed by atoms with E-state index in [4.69, 9.17) is 4.74 Å². The lowest BCUT2D eigenvalue weighted by atomic mass is 10.0. The maximum atomic E-state index is 12.3. The summed E-state index contributed by atoms with van der Waals surface area (Å²) in [6, 6.07) is 1.77. The summed E-state index contributed by atoms with van der Waals surface area (Å²) < 4.78 is 6.89. The van der Waals surface area contributed by atoms with Crippen LogP contribution in [0, 0.1) is 13.8 Å². The second-order valence-corrected chi connectivity index (χ2v) is 5.05. The summed E-state index contributed by atoms with van der Waals surface area (Å²) in [5.74, 6) is -1.53. The standard InChI is InChI=1S/C14H22N2O4/c1-6-16-9(2)7-11(10(16)3)12(17)15-14(4,8-20-5)13(18)19/h7H,6,8H2,1-5H3,(H,15,17)(H,18,19). The van der Waals surface area contributed by atoms with Crippen LogP contribution >= 0.6 is 0 Å². The Bertz CT molecular complexity index is 521. The van der Waals surface area contributed by atoms with E-state index in [1.165, 1.54) is 14.0 Å². The molecule has 112 valence electrons. The number of carbonyl (C=O) groups is 2. The Labute approximate surface area is 118 Å². The number of nitrogens with one attached hydrogen (secondary N) is 1. The number of amides is 1. The van der Waals surface area contributed by atoms with E-state index in [2.05, 4.69) is 5.32 Å². The molecule has 1 amide bonds. The van der Waals surface area contributed by atoms with Crippen LogP contribution in [-0.2, 0) is 16.1 Å². The Kier molecular flexibility index (Phi) is 4.94. The number of aryl methyl sites for hydroxylation is 1. The number of rotatable bonds is 6. The average Bonchev–Trinajstić information content (AvgIpc) is 2.64. The first kappa shape index (κ1) is 16.2. The number of nitrogens with zero attached hydrogens (tertiary/aromatic N) is 1. The molecule has 0 saturated heterocycles. The van der Waals surface area contributed by atoms with Crippen LogP contribution in [0.3, 0.4) is 0 Å². The Morgan fingerprint density at radius 1 is 1.45 bits per heavy atom. The maximum Gasteiger partial charge on any atom is 0.331 e. The fraction of sp³-hybridized carbons (Fsp3) is 0.571. The van der Waals surface area contributed by atoms with Gasteiger partial charge >= 0.3 is 5.97 Å². The Morgan fingerprint density at radius 3 is 2.45 bits per heavy atom. The number of carboxylic acids is 1. The Balaban J connectivity index is 3.04. The molecule has 6 heteroatoms. The van der Waals surface area contributed by atoms with E-state index in [-0.39, 0.29) is 6.61 Å². The van der Waals surface area contributed by atoms with Crippen LogP contribution in [0.15, 0.2) is 6.07 Å². The molecule has 1 rings (SSSR count). The number of ether oxygens (including phenoxy) is 1. The zero-order valence-corrected chi connectivity index (χ0v) is 12.6. The fourth-order valence-electron chi connectivity index (χ4n) is 2.28. The Hall–Kier alpha value is -1.82. The highest BCUT2D eigenvalue weighted by Crippen LogP contribution is 2.16. The van der Waals surface area contributed by atoms with E-state index >= 15 is 0 Å². The van der Waals surface area contributed by atoms with Crippen molar-refractivity contribution in [1.29, 1.82) is 0 Å². The summed E-state index contributed by atoms with van der Waals surface area (Å²) in [6.45, 7) is 7.85. The van der Waals surface area contributed by atoms with Crippen molar-refractivity contribution in [3.63, 3.8) is 0 Å². The van der Waals surface area contributed by atoms with Gasteiger partial charge < -0.3 is 19.7 Å². The number of methoxy groups -OCH3 is 1. The van der Waals surface area contributed by atoms with Gasteiger partial charge in [0, 0.05) is 25.0 Å². The minimum absolute atomic E-state index is 0.0966. The van der Waals surface area contributed by atoms with E-state index in [1.807, 2.05) is 25.3 Å². The number of aromatic nitrogens is 1. The second-order valence-electron chi connectivity index (χ2n) is 5.05. The fourth-order valence-corrected chi connectivity index (χ4v) is 2.28. The molecule has 1 atom stereocenters. The molecule has 0 fully saturated rings. The van der Waals surface area contributed by atoms with Crippen LogP contribution in [0.25, 0.3) is 0 Å². The molecule has 20 heavy (non-hydrogen) atoms. The van der Waals surface area contributed by atoms with Gasteiger partial charge in [0.2, 0.25) is 0 Å². The monoisotopic (exact) mass is 282 g/mol. The minimum atomic E-state index is -1.44. The van der Waals surface area contributed by atoms with Gasteiger partial charge in [-0.2, -0.15) is 0 Å². The van der Waals surface area contributed by atoms with Gasteiger partial charge in [-0.25, -0.2) is 4.79 Å². The normalized spacial score (nSPS) is 13.8. The summed E-state index contributed by atoms with van der Waals surface area (Å²) in [6.07, 6.45) is 0. The topological polar surface area (TPSA) is 80.6 Å². The molecule has 2 N–H and O–H groups in total. The van der Waals surface area contributed by atoms with Crippen molar-refractivity contribution in [1.82, 2.24) is 9.88 Å². The number of carbonyl (C=O) groups excluding carboxylic acids is 1. The highest BCUT2D eigenvalue weighted by molar-refractivity contribution is 5.99. The van der Waals surface area contributed by atoms with E-state index in [9.17, 15) is 14.7 Å². The zero-order valence-electron chi connectivity index (χ0n) is 12.6. The Morgan fingerprint density at radius 2 is 2.05 bits per heavy atom. The first-order valence-electron chi connectivity index (χ1n) is 6.48. The lowest BCUT2D eigenvalue weighted by Gasteiger charge is -2.25. The number of hydrogen-bond acceptors (Lipinski definition) is 3. The van der Waals surface area contributed by atoms with Crippen LogP contribution in [0.2, 0.25) is 0 Å². The van der Waals surface area contributed by atoms with Gasteiger partial charge in [0.15, 0.2) is 5.54 Å². The maximum absolute atomic E-state index is 12.3. The first-order valence-corrected chi connectivity index (χ1v) is 6.48. The third-order valence-electron chi connectivity index (χ3n) is 3.43. The number of aliphatic carboxylic acids is 1. The van der Waals surface area contributed by atoms with Crippen molar-refractivity contribution < 1.29 is 19.4 Å². The molecule has 6 nitrogen and oxygen atoms in total. The summed E-state index contributed by atoms with van der Waals surface area (Å²) in [7, 11) is 1.40. The van der Waals surface area contributed by atoms with Gasteiger partial charge in [-0.1, -0.05) is 0 Å². The number of carboxylic acid groups (broad SMARTS) is 1. The van der Waals surface area contributed by atoms with Crippen molar-refractivity contribution in [2.24, 2.45) is 0 Å². The van der Waals surface area contributed by atoms with Crippen molar-refractivity contribution in [3.05, 3.63) is 23.0 Å². The predicted molar refractivity (Wildman–Crippen MR) is 75.0 cm³/mol. The first-order chi connectivity index (χ1) is 9.26. The van der Waals surface area contributed by atoms with E-state index in [1.54, 1.807) is 6.07 Å². The van der Waals surface area contributed by atoms with Gasteiger partial charge in [-0.3, -0.25) is 4.79 Å². The van der Waals surface area contributed by atoms with Crippen LogP contribution in [0.5, 0.6) is 0 Å². The lowest BCUT2D eigenvalue weighted by Crippen LogP contribution is -2.55. The third kappa shape index (κ3) is 3.01. The summed E-state index contributed by atoms with van der Waals surface area (Å²) in [5.41, 5.74) is 0.847. The van der Waals surface area contributed by atoms with E-state index in [0.717, 1.165) is 17.9 Å². The SMILES string of the molecule is CCn1c(C)cc(C(=O)NC(C)(COC)C(=O)O)c1C. The molecule has 0 spiro atoms. The van der Waals surface area contributed by atoms with Gasteiger partial charge in [0.05, 0.1) is 12.2 Å². The molecule has 0 saturated carbocycles. The minimum Gasteiger partial charge on any atom is -0.479 e. The van der Waals surface area contributed by atoms with Gasteiger partial charge in [0.1, 0.15) is 0 Å². The quantitative estimate of drug-likeness (QED) is 0.825. The predicted octanol–water partition coefficient (Wildman–Crippen LogP) is 1.34. The summed E-state index contributed by atoms with van der Waals surface area (Å²) >= 11 is 0. The van der Waals surface area contributed by atoms with Crippen molar-refractivity contribution in [2.75, 3.05) is 13.7 Å². The molecular formula is C14H22N2O4. The lowest BCUT2D eigenvalue weighted by molar-refractivity contribution is -0.145. The molecule has 1 unspecified atom stereocenters. The number of hydrogen-bond donors (Lipinski definition) is 2. The third-order valence-corrected chi connectivity index (χ3v) is 3.43. The van der Waals surface area contributed by atoms with Crippen LogP contribution in [-0.4, -0.2) is 40.8 Å². The van der Waals surface area contributed by atoms with Gasteiger partial charge in [-0.05, 0) is 33.8 Å². The smallest absolute Gasteiger partial charge is 0.331 e. The highest BCUT2D eigenvalue weighted by Gasteiger charge is 2.35. The molecular weight excluding hydrogens is 260 g/mol. The van der Waals surface area contributed by atoms with Crippen LogP contribution in [0.1, 0.15) is 35.6 Å². The second kappa shape index (κ2) is 6.09. The summed E-state index contributed by atoms with van der Waals surface area (Å²) in [5, 5.41) is 11.8. The zero-order chi connectivity index (χ0) is 15.5. The molecule has 0 aliphatic heterocycles. The molecule has 1 aromatic heterocycles. The highest BCUT2D eigenvalue weighted by atomic mass is 16.5. The van der Waals surface area contributed by atoms with Gasteiger partial charge in [-0.15, -0.1) is 0 Å². The van der Waals surface area contributed by atoms with Crippen molar-refractivity contribution in [2.45, 2.75) is 39.8 Å². The molecule has 0 aliphatic carbocycles. The molecule has 0 aromatic carbocycles. The largest absolute Gasteiger partial charge is 0.479 e. The average molecular weight is 282 g/mol. The molecule has 1 heterocycles. The van der Waals surface area contributed by atoms with Crippen LogP contribution in [0.4, 0.5) is 0 Å². The van der Waals surface area contributed by atoms with E-state index < -0.39 is 17.4 Å². The summed E-state index contributed by atoms with van der Waals surface area (Å²) in [4.78, 5) is 23.6. The molecule has 0 aliphatic rings. The molecule has 0 radical (unpaired) electrons.